The lowest BCUT2D eigenvalue weighted by Crippen LogP contribution is -2.24. The Morgan fingerprint density at radius 1 is 1.05 bits per heavy atom. The minimum absolute atomic E-state index is 0.0784. The Morgan fingerprint density at radius 3 is 1.95 bits per heavy atom. The molecule has 0 fully saturated rings. The molecular formula is C15H30O4. The molecule has 0 saturated heterocycles. The van der Waals surface area contributed by atoms with Crippen LogP contribution in [0.5, 0.6) is 0 Å². The fourth-order valence-electron chi connectivity index (χ4n) is 1.93. The van der Waals surface area contributed by atoms with Gasteiger partial charge in [-0.25, -0.2) is 0 Å². The maximum Gasteiger partial charge on any atom is 0.309 e. The monoisotopic (exact) mass is 274 g/mol. The van der Waals surface area contributed by atoms with Crippen LogP contribution in [0.15, 0.2) is 0 Å². The predicted molar refractivity (Wildman–Crippen MR) is 76.0 cm³/mol. The highest BCUT2D eigenvalue weighted by Crippen LogP contribution is 2.26. The van der Waals surface area contributed by atoms with E-state index in [1.54, 1.807) is 13.8 Å². The summed E-state index contributed by atoms with van der Waals surface area (Å²) >= 11 is 0. The molecule has 0 aromatic heterocycles. The van der Waals surface area contributed by atoms with E-state index < -0.39 is 11.4 Å². The molecule has 0 rings (SSSR count). The van der Waals surface area contributed by atoms with Gasteiger partial charge in [0, 0.05) is 6.61 Å². The average molecular weight is 274 g/mol. The summed E-state index contributed by atoms with van der Waals surface area (Å²) in [5.74, 6) is -0.785. The van der Waals surface area contributed by atoms with E-state index in [-0.39, 0.29) is 18.1 Å². The van der Waals surface area contributed by atoms with E-state index in [0.717, 1.165) is 25.7 Å². The summed E-state index contributed by atoms with van der Waals surface area (Å²) in [5.41, 5.74) is -0.788. The van der Waals surface area contributed by atoms with Crippen molar-refractivity contribution >= 4 is 5.97 Å². The van der Waals surface area contributed by atoms with E-state index in [0.29, 0.717) is 12.8 Å². The predicted octanol–water partition coefficient (Wildman–Crippen LogP) is 2.82. The molecule has 0 saturated carbocycles. The van der Waals surface area contributed by atoms with Gasteiger partial charge in [0.25, 0.3) is 0 Å². The summed E-state index contributed by atoms with van der Waals surface area (Å²) in [6.07, 6.45) is 4.09. The maximum absolute atomic E-state index is 10.9. The number of aliphatic carboxylic acids is 1. The van der Waals surface area contributed by atoms with Crippen molar-refractivity contribution in [2.45, 2.75) is 72.3 Å². The molecule has 0 spiro atoms. The molecule has 3 N–H and O–H groups in total. The van der Waals surface area contributed by atoms with Gasteiger partial charge in [0.2, 0.25) is 0 Å². The molecule has 0 radical (unpaired) electrons. The summed E-state index contributed by atoms with van der Waals surface area (Å²) in [4.78, 5) is 10.9. The number of hydrogen-bond donors (Lipinski definition) is 3. The highest BCUT2D eigenvalue weighted by Gasteiger charge is 2.26. The molecule has 0 aliphatic heterocycles. The van der Waals surface area contributed by atoms with Crippen LogP contribution in [0, 0.1) is 10.8 Å². The van der Waals surface area contributed by atoms with Crippen LogP contribution in [0.1, 0.15) is 66.2 Å². The minimum atomic E-state index is -0.785. The van der Waals surface area contributed by atoms with Gasteiger partial charge in [-0.05, 0) is 51.4 Å². The van der Waals surface area contributed by atoms with Gasteiger partial charge in [-0.15, -0.1) is 0 Å². The number of aliphatic hydroxyl groups excluding tert-OH is 2. The number of aliphatic hydroxyl groups is 2. The van der Waals surface area contributed by atoms with Gasteiger partial charge in [-0.3, -0.25) is 4.79 Å². The quantitative estimate of drug-likeness (QED) is 0.572. The van der Waals surface area contributed by atoms with Gasteiger partial charge >= 0.3 is 5.97 Å². The van der Waals surface area contributed by atoms with Crippen molar-refractivity contribution in [3.8, 4) is 0 Å². The molecule has 114 valence electrons. The highest BCUT2D eigenvalue weighted by atomic mass is 16.4. The molecule has 4 nitrogen and oxygen atoms in total. The fraction of sp³-hybridized carbons (Fsp3) is 0.933. The van der Waals surface area contributed by atoms with E-state index >= 15 is 0 Å². The molecule has 0 aromatic rings. The maximum atomic E-state index is 10.9. The van der Waals surface area contributed by atoms with Crippen LogP contribution >= 0.6 is 0 Å². The van der Waals surface area contributed by atoms with Gasteiger partial charge in [-0.2, -0.15) is 0 Å². The Bertz CT molecular complexity index is 271. The van der Waals surface area contributed by atoms with Crippen molar-refractivity contribution in [2.75, 3.05) is 6.61 Å². The highest BCUT2D eigenvalue weighted by molar-refractivity contribution is 5.73. The third kappa shape index (κ3) is 8.22. The van der Waals surface area contributed by atoms with E-state index in [2.05, 4.69) is 0 Å². The van der Waals surface area contributed by atoms with Gasteiger partial charge in [-0.1, -0.05) is 20.3 Å². The van der Waals surface area contributed by atoms with Crippen LogP contribution in [0.25, 0.3) is 0 Å². The zero-order valence-corrected chi connectivity index (χ0v) is 12.8. The molecule has 0 aliphatic rings. The molecule has 4 heteroatoms. The van der Waals surface area contributed by atoms with E-state index in [4.69, 9.17) is 10.2 Å². The van der Waals surface area contributed by atoms with E-state index in [1.165, 1.54) is 0 Å². The van der Waals surface area contributed by atoms with Crippen LogP contribution in [-0.2, 0) is 4.79 Å². The molecule has 19 heavy (non-hydrogen) atoms. The largest absolute Gasteiger partial charge is 0.481 e. The second kappa shape index (κ2) is 7.85. The Balaban J connectivity index is 3.77. The second-order valence-electron chi connectivity index (χ2n) is 6.95. The molecule has 0 heterocycles. The van der Waals surface area contributed by atoms with E-state index in [9.17, 15) is 9.90 Å². The van der Waals surface area contributed by atoms with Crippen molar-refractivity contribution in [3.63, 3.8) is 0 Å². The standard InChI is InChI=1S/C15H30O4/c1-14(2,11-16)9-5-7-12(17)8-6-10-15(3,4)13(18)19/h12,16-17H,5-11H2,1-4H3,(H,18,19). The Morgan fingerprint density at radius 2 is 1.53 bits per heavy atom. The molecular weight excluding hydrogens is 244 g/mol. The number of hydrogen-bond acceptors (Lipinski definition) is 3. The third-order valence-electron chi connectivity index (χ3n) is 3.74. The molecule has 0 bridgehead atoms. The Kier molecular flexibility index (Phi) is 7.60. The summed E-state index contributed by atoms with van der Waals surface area (Å²) in [6, 6.07) is 0. The second-order valence-corrected chi connectivity index (χ2v) is 6.95. The van der Waals surface area contributed by atoms with Crippen LogP contribution in [-0.4, -0.2) is 34.0 Å². The molecule has 0 aromatic carbocycles. The molecule has 1 unspecified atom stereocenters. The normalized spacial score (nSPS) is 14.4. The lowest BCUT2D eigenvalue weighted by Gasteiger charge is -2.22. The van der Waals surface area contributed by atoms with Crippen LogP contribution in [0.3, 0.4) is 0 Å². The van der Waals surface area contributed by atoms with Gasteiger partial charge in [0.1, 0.15) is 0 Å². The first-order valence-electron chi connectivity index (χ1n) is 7.13. The first kappa shape index (κ1) is 18.4. The molecule has 0 amide bonds. The van der Waals surface area contributed by atoms with E-state index in [1.807, 2.05) is 13.8 Å². The van der Waals surface area contributed by atoms with Crippen molar-refractivity contribution in [1.82, 2.24) is 0 Å². The first-order chi connectivity index (χ1) is 8.60. The lowest BCUT2D eigenvalue weighted by molar-refractivity contribution is -0.147. The minimum Gasteiger partial charge on any atom is -0.481 e. The topological polar surface area (TPSA) is 77.8 Å². The number of rotatable bonds is 10. The third-order valence-corrected chi connectivity index (χ3v) is 3.74. The first-order valence-corrected chi connectivity index (χ1v) is 7.13. The van der Waals surface area contributed by atoms with Gasteiger partial charge < -0.3 is 15.3 Å². The number of carboxylic acids is 1. The van der Waals surface area contributed by atoms with Crippen molar-refractivity contribution in [3.05, 3.63) is 0 Å². The summed E-state index contributed by atoms with van der Waals surface area (Å²) < 4.78 is 0. The van der Waals surface area contributed by atoms with Crippen LogP contribution in [0.2, 0.25) is 0 Å². The smallest absolute Gasteiger partial charge is 0.309 e. The molecule has 0 aliphatic carbocycles. The SMILES string of the molecule is CC(C)(CO)CCCC(O)CCCC(C)(C)C(=O)O. The van der Waals surface area contributed by atoms with Gasteiger partial charge in [0.05, 0.1) is 11.5 Å². The summed E-state index contributed by atoms with van der Waals surface area (Å²) in [5, 5.41) is 27.9. The Labute approximate surface area is 116 Å². The zero-order chi connectivity index (χ0) is 15.1. The zero-order valence-electron chi connectivity index (χ0n) is 12.8. The van der Waals surface area contributed by atoms with Crippen LogP contribution < -0.4 is 0 Å². The average Bonchev–Trinajstić information content (AvgIpc) is 2.28. The Hall–Kier alpha value is -0.610. The number of carbonyl (C=O) groups is 1. The van der Waals surface area contributed by atoms with Crippen molar-refractivity contribution < 1.29 is 20.1 Å². The van der Waals surface area contributed by atoms with Crippen molar-refractivity contribution in [1.29, 1.82) is 0 Å². The van der Waals surface area contributed by atoms with Gasteiger partial charge in [0.15, 0.2) is 0 Å². The van der Waals surface area contributed by atoms with Crippen molar-refractivity contribution in [2.24, 2.45) is 10.8 Å². The summed E-state index contributed by atoms with van der Waals surface area (Å²) in [7, 11) is 0. The summed E-state index contributed by atoms with van der Waals surface area (Å²) in [6.45, 7) is 7.61. The fourth-order valence-corrected chi connectivity index (χ4v) is 1.93. The lowest BCUT2D eigenvalue weighted by atomic mass is 9.85. The van der Waals surface area contributed by atoms with Crippen LogP contribution in [0.4, 0.5) is 0 Å². The number of carboxylic acid groups (broad SMARTS) is 1. The molecule has 1 atom stereocenters.